The van der Waals surface area contributed by atoms with E-state index in [1.807, 2.05) is 12.4 Å². The van der Waals surface area contributed by atoms with Crippen LogP contribution in [0.5, 0.6) is 0 Å². The first-order chi connectivity index (χ1) is 13.9. The van der Waals surface area contributed by atoms with Gasteiger partial charge in [-0.1, -0.05) is 6.42 Å². The minimum absolute atomic E-state index is 0.734. The van der Waals surface area contributed by atoms with Crippen LogP contribution < -0.4 is 0 Å². The molecule has 1 unspecified atom stereocenters. The molecular weight excluding hydrogens is 348 g/mol. The van der Waals surface area contributed by atoms with Crippen molar-refractivity contribution in [2.24, 2.45) is 5.92 Å². The van der Waals surface area contributed by atoms with E-state index >= 15 is 0 Å². The molecule has 5 nitrogen and oxygen atoms in total. The first kappa shape index (κ1) is 20.3. The molecule has 0 amide bonds. The van der Waals surface area contributed by atoms with Crippen LogP contribution in [-0.2, 0) is 11.3 Å². The summed E-state index contributed by atoms with van der Waals surface area (Å²) in [5.74, 6) is 0.734. The fourth-order valence-electron chi connectivity index (χ4n) is 5.17. The molecule has 5 heteroatoms. The van der Waals surface area contributed by atoms with Crippen LogP contribution >= 0.6 is 0 Å². The van der Waals surface area contributed by atoms with Crippen molar-refractivity contribution in [3.8, 4) is 0 Å². The maximum Gasteiger partial charge on any atom is 0.0506 e. The van der Waals surface area contributed by atoms with E-state index in [0.717, 1.165) is 31.7 Å². The molecule has 0 aromatic carbocycles. The summed E-state index contributed by atoms with van der Waals surface area (Å²) in [5, 5.41) is 0. The lowest BCUT2D eigenvalue weighted by atomic mass is 9.91. The molecule has 2 atom stereocenters. The molecule has 4 heterocycles. The van der Waals surface area contributed by atoms with Crippen molar-refractivity contribution < 1.29 is 4.74 Å². The van der Waals surface area contributed by atoms with Crippen molar-refractivity contribution in [3.63, 3.8) is 0 Å². The molecule has 1 aromatic rings. The van der Waals surface area contributed by atoms with Crippen molar-refractivity contribution in [1.29, 1.82) is 0 Å². The predicted octanol–water partition coefficient (Wildman–Crippen LogP) is 2.87. The maximum absolute atomic E-state index is 6.07. The monoisotopic (exact) mass is 386 g/mol. The van der Waals surface area contributed by atoms with Gasteiger partial charge in [-0.2, -0.15) is 0 Å². The van der Waals surface area contributed by atoms with E-state index in [9.17, 15) is 0 Å². The van der Waals surface area contributed by atoms with Gasteiger partial charge in [0, 0.05) is 64.3 Å². The van der Waals surface area contributed by atoms with Crippen LogP contribution in [0.2, 0.25) is 0 Å². The molecule has 0 aliphatic carbocycles. The van der Waals surface area contributed by atoms with Gasteiger partial charge in [-0.3, -0.25) is 14.8 Å². The first-order valence-corrected chi connectivity index (χ1v) is 11.5. The first-order valence-electron chi connectivity index (χ1n) is 11.5. The number of hydrogen-bond donors (Lipinski definition) is 0. The van der Waals surface area contributed by atoms with Gasteiger partial charge in [-0.15, -0.1) is 0 Å². The smallest absolute Gasteiger partial charge is 0.0506 e. The number of piperazine rings is 1. The van der Waals surface area contributed by atoms with E-state index < -0.39 is 0 Å². The Balaban J connectivity index is 1.10. The van der Waals surface area contributed by atoms with E-state index in [1.165, 1.54) is 89.9 Å². The third-order valence-electron chi connectivity index (χ3n) is 6.81. The Morgan fingerprint density at radius 3 is 2.64 bits per heavy atom. The van der Waals surface area contributed by atoms with Crippen LogP contribution in [-0.4, -0.2) is 84.8 Å². The molecule has 3 fully saturated rings. The van der Waals surface area contributed by atoms with Gasteiger partial charge in [-0.25, -0.2) is 0 Å². The lowest BCUT2D eigenvalue weighted by Crippen LogP contribution is -2.56. The highest BCUT2D eigenvalue weighted by Gasteiger charge is 2.32. The molecule has 0 spiro atoms. The van der Waals surface area contributed by atoms with Crippen molar-refractivity contribution in [2.45, 2.75) is 51.1 Å². The number of piperidine rings is 2. The van der Waals surface area contributed by atoms with Crippen LogP contribution in [0.1, 0.15) is 44.1 Å². The Labute approximate surface area is 171 Å². The fourth-order valence-corrected chi connectivity index (χ4v) is 5.17. The minimum atomic E-state index is 0.734. The second-order valence-electron chi connectivity index (χ2n) is 9.01. The van der Waals surface area contributed by atoms with Gasteiger partial charge < -0.3 is 9.64 Å². The Bertz CT molecular complexity index is 563. The van der Waals surface area contributed by atoms with Gasteiger partial charge in [0.2, 0.25) is 0 Å². The molecule has 156 valence electrons. The number of hydrogen-bond acceptors (Lipinski definition) is 5. The van der Waals surface area contributed by atoms with Crippen molar-refractivity contribution >= 4 is 0 Å². The second kappa shape index (κ2) is 10.7. The van der Waals surface area contributed by atoms with Crippen molar-refractivity contribution in [2.75, 3.05) is 59.0 Å². The van der Waals surface area contributed by atoms with E-state index in [1.54, 1.807) is 0 Å². The maximum atomic E-state index is 6.07. The van der Waals surface area contributed by atoms with Crippen LogP contribution in [0, 0.1) is 5.92 Å². The third-order valence-corrected chi connectivity index (χ3v) is 6.81. The zero-order valence-corrected chi connectivity index (χ0v) is 17.5. The predicted molar refractivity (Wildman–Crippen MR) is 113 cm³/mol. The lowest BCUT2D eigenvalue weighted by Gasteiger charge is -2.46. The standard InChI is InChI=1S/C23H38N4O/c1-2-11-25(12-3-1)13-4-16-28-20-22-5-6-23-19-26(14-15-27(23)18-22)17-21-7-9-24-10-8-21/h7-10,22-23H,1-6,11-20H2/t22?,23-/m0/s1. The Morgan fingerprint density at radius 2 is 1.79 bits per heavy atom. The largest absolute Gasteiger partial charge is 0.381 e. The van der Waals surface area contributed by atoms with Crippen LogP contribution in [0.3, 0.4) is 0 Å². The fraction of sp³-hybridized carbons (Fsp3) is 0.783. The molecule has 3 aliphatic rings. The number of likely N-dealkylation sites (tertiary alicyclic amines) is 1. The number of pyridine rings is 1. The van der Waals surface area contributed by atoms with E-state index in [-0.39, 0.29) is 0 Å². The van der Waals surface area contributed by atoms with Crippen molar-refractivity contribution in [3.05, 3.63) is 30.1 Å². The quantitative estimate of drug-likeness (QED) is 0.642. The molecule has 4 rings (SSSR count). The molecule has 0 N–H and O–H groups in total. The SMILES string of the molecule is c1cc(CN2CCN3CC(COCCCN4CCCCC4)CC[C@H]3C2)ccn1. The van der Waals surface area contributed by atoms with Gasteiger partial charge in [0.1, 0.15) is 0 Å². The molecule has 0 saturated carbocycles. The highest BCUT2D eigenvalue weighted by Crippen LogP contribution is 2.26. The minimum Gasteiger partial charge on any atom is -0.381 e. The normalized spacial score (nSPS) is 27.6. The Morgan fingerprint density at radius 1 is 0.929 bits per heavy atom. The summed E-state index contributed by atoms with van der Waals surface area (Å²) < 4.78 is 6.07. The molecule has 3 aliphatic heterocycles. The molecule has 0 radical (unpaired) electrons. The molecule has 3 saturated heterocycles. The Kier molecular flexibility index (Phi) is 7.73. The van der Waals surface area contributed by atoms with Gasteiger partial charge in [0.25, 0.3) is 0 Å². The van der Waals surface area contributed by atoms with Gasteiger partial charge in [-0.05, 0) is 68.8 Å². The lowest BCUT2D eigenvalue weighted by molar-refractivity contribution is -0.00316. The molecule has 28 heavy (non-hydrogen) atoms. The number of ether oxygens (including phenoxy) is 1. The Hall–Kier alpha value is -1.01. The summed E-state index contributed by atoms with van der Waals surface area (Å²) in [4.78, 5) is 12.1. The van der Waals surface area contributed by atoms with E-state index in [0.29, 0.717) is 0 Å². The van der Waals surface area contributed by atoms with Crippen LogP contribution in [0.15, 0.2) is 24.5 Å². The average molecular weight is 387 g/mol. The third kappa shape index (κ3) is 5.99. The summed E-state index contributed by atoms with van der Waals surface area (Å²) in [6.07, 6.45) is 11.9. The zero-order valence-electron chi connectivity index (χ0n) is 17.5. The molecular formula is C23H38N4O. The van der Waals surface area contributed by atoms with Crippen molar-refractivity contribution in [1.82, 2.24) is 19.7 Å². The molecule has 0 bridgehead atoms. The van der Waals surface area contributed by atoms with E-state index in [2.05, 4.69) is 31.8 Å². The summed E-state index contributed by atoms with van der Waals surface area (Å²) >= 11 is 0. The number of rotatable bonds is 8. The average Bonchev–Trinajstić information content (AvgIpc) is 2.75. The topological polar surface area (TPSA) is 31.8 Å². The summed E-state index contributed by atoms with van der Waals surface area (Å²) in [7, 11) is 0. The van der Waals surface area contributed by atoms with Gasteiger partial charge in [0.15, 0.2) is 0 Å². The van der Waals surface area contributed by atoms with E-state index in [4.69, 9.17) is 4.74 Å². The summed E-state index contributed by atoms with van der Waals surface area (Å²) in [6.45, 7) is 11.6. The number of fused-ring (bicyclic) bond motifs is 1. The zero-order chi connectivity index (χ0) is 19.0. The summed E-state index contributed by atoms with van der Waals surface area (Å²) in [5.41, 5.74) is 1.38. The highest BCUT2D eigenvalue weighted by atomic mass is 16.5. The second-order valence-corrected chi connectivity index (χ2v) is 9.01. The molecule has 1 aromatic heterocycles. The summed E-state index contributed by atoms with van der Waals surface area (Å²) in [6, 6.07) is 5.03. The number of aromatic nitrogens is 1. The van der Waals surface area contributed by atoms with Gasteiger partial charge in [0.05, 0.1) is 6.61 Å². The van der Waals surface area contributed by atoms with Crippen LogP contribution in [0.4, 0.5) is 0 Å². The van der Waals surface area contributed by atoms with Gasteiger partial charge >= 0.3 is 0 Å². The van der Waals surface area contributed by atoms with Crippen LogP contribution in [0.25, 0.3) is 0 Å². The number of nitrogens with zero attached hydrogens (tertiary/aromatic N) is 4. The highest BCUT2D eigenvalue weighted by molar-refractivity contribution is 5.09.